The zero-order valence-electron chi connectivity index (χ0n) is 11.6. The van der Waals surface area contributed by atoms with Crippen LogP contribution < -0.4 is 10.0 Å². The van der Waals surface area contributed by atoms with Crippen molar-refractivity contribution < 1.29 is 8.42 Å². The summed E-state index contributed by atoms with van der Waals surface area (Å²) >= 11 is 0. The second-order valence-corrected chi connectivity index (χ2v) is 7.33. The molecule has 1 aromatic carbocycles. The van der Waals surface area contributed by atoms with E-state index in [9.17, 15) is 8.42 Å². The molecular weight excluding hydrogens is 248 g/mol. The highest BCUT2D eigenvalue weighted by Crippen LogP contribution is 2.24. The van der Waals surface area contributed by atoms with Crippen LogP contribution in [-0.4, -0.2) is 20.0 Å². The van der Waals surface area contributed by atoms with Crippen molar-refractivity contribution in [2.45, 2.75) is 51.1 Å². The molecule has 0 heterocycles. The molecule has 2 N–H and O–H groups in total. The molecule has 0 saturated heterocycles. The molecule has 0 saturated carbocycles. The highest BCUT2D eigenvalue weighted by Gasteiger charge is 2.21. The van der Waals surface area contributed by atoms with Crippen LogP contribution in [0.1, 0.15) is 34.6 Å². The summed E-state index contributed by atoms with van der Waals surface area (Å²) in [4.78, 5) is 0.286. The van der Waals surface area contributed by atoms with Crippen molar-refractivity contribution >= 4 is 15.7 Å². The minimum Gasteiger partial charge on any atom is -0.379 e. The number of hydrogen-bond acceptors (Lipinski definition) is 3. The molecule has 0 aliphatic heterocycles. The van der Waals surface area contributed by atoms with E-state index in [1.165, 1.54) is 0 Å². The fourth-order valence-corrected chi connectivity index (χ4v) is 3.00. The third-order valence-electron chi connectivity index (χ3n) is 2.08. The van der Waals surface area contributed by atoms with Gasteiger partial charge in [0.15, 0.2) is 0 Å². The Kier molecular flexibility index (Phi) is 4.40. The first-order valence-corrected chi connectivity index (χ1v) is 7.50. The number of sulfonamides is 1. The van der Waals surface area contributed by atoms with Crippen LogP contribution in [0.5, 0.6) is 0 Å². The Balaban J connectivity index is 3.17. The molecule has 0 aliphatic rings. The van der Waals surface area contributed by atoms with Gasteiger partial charge in [-0.2, -0.15) is 0 Å². The SMILES string of the molecule is CC(C)NS(=O)(=O)c1ccccc1NC(C)(C)C. The van der Waals surface area contributed by atoms with Crippen molar-refractivity contribution in [1.82, 2.24) is 4.72 Å². The van der Waals surface area contributed by atoms with Crippen LogP contribution >= 0.6 is 0 Å². The van der Waals surface area contributed by atoms with Gasteiger partial charge in [-0.15, -0.1) is 0 Å². The van der Waals surface area contributed by atoms with Crippen molar-refractivity contribution in [2.24, 2.45) is 0 Å². The molecule has 0 fully saturated rings. The maximum absolute atomic E-state index is 12.2. The maximum atomic E-state index is 12.2. The van der Waals surface area contributed by atoms with Crippen molar-refractivity contribution in [2.75, 3.05) is 5.32 Å². The van der Waals surface area contributed by atoms with Crippen LogP contribution in [0.3, 0.4) is 0 Å². The lowest BCUT2D eigenvalue weighted by atomic mass is 10.1. The number of rotatable bonds is 4. The van der Waals surface area contributed by atoms with Crippen LogP contribution in [0.4, 0.5) is 5.69 Å². The molecule has 0 radical (unpaired) electrons. The molecule has 0 bridgehead atoms. The molecule has 0 unspecified atom stereocenters. The first-order valence-electron chi connectivity index (χ1n) is 6.01. The fraction of sp³-hybridized carbons (Fsp3) is 0.538. The van der Waals surface area contributed by atoms with Gasteiger partial charge in [-0.3, -0.25) is 0 Å². The second-order valence-electron chi connectivity index (χ2n) is 5.65. The molecule has 1 rings (SSSR count). The van der Waals surface area contributed by atoms with Gasteiger partial charge in [0.25, 0.3) is 0 Å². The van der Waals surface area contributed by atoms with Crippen LogP contribution in [0.2, 0.25) is 0 Å². The lowest BCUT2D eigenvalue weighted by molar-refractivity contribution is 0.569. The van der Waals surface area contributed by atoms with Gasteiger partial charge in [0, 0.05) is 11.6 Å². The lowest BCUT2D eigenvalue weighted by Gasteiger charge is -2.24. The Hall–Kier alpha value is -1.07. The van der Waals surface area contributed by atoms with Gasteiger partial charge in [-0.25, -0.2) is 13.1 Å². The summed E-state index contributed by atoms with van der Waals surface area (Å²) in [7, 11) is -3.48. The molecule has 102 valence electrons. The minimum atomic E-state index is -3.48. The first-order chi connectivity index (χ1) is 8.12. The van der Waals surface area contributed by atoms with E-state index >= 15 is 0 Å². The van der Waals surface area contributed by atoms with E-state index < -0.39 is 10.0 Å². The largest absolute Gasteiger partial charge is 0.379 e. The number of anilines is 1. The summed E-state index contributed by atoms with van der Waals surface area (Å²) in [6.45, 7) is 9.58. The van der Waals surface area contributed by atoms with E-state index in [-0.39, 0.29) is 16.5 Å². The number of para-hydroxylation sites is 1. The molecule has 4 nitrogen and oxygen atoms in total. The Labute approximate surface area is 110 Å². The average molecular weight is 270 g/mol. The Morgan fingerprint density at radius 1 is 1.11 bits per heavy atom. The van der Waals surface area contributed by atoms with Gasteiger partial charge in [-0.05, 0) is 46.8 Å². The summed E-state index contributed by atoms with van der Waals surface area (Å²) < 4.78 is 27.0. The van der Waals surface area contributed by atoms with Gasteiger partial charge in [0.2, 0.25) is 10.0 Å². The molecule has 0 atom stereocenters. The molecule has 0 aliphatic carbocycles. The molecule has 1 aromatic rings. The predicted molar refractivity (Wildman–Crippen MR) is 75.3 cm³/mol. The van der Waals surface area contributed by atoms with E-state index in [0.29, 0.717) is 5.69 Å². The smallest absolute Gasteiger partial charge is 0.242 e. The van der Waals surface area contributed by atoms with Crippen LogP contribution in [0, 0.1) is 0 Å². The minimum absolute atomic E-state index is 0.127. The highest BCUT2D eigenvalue weighted by molar-refractivity contribution is 7.89. The number of benzene rings is 1. The topological polar surface area (TPSA) is 58.2 Å². The normalized spacial score (nSPS) is 12.8. The summed E-state index contributed by atoms with van der Waals surface area (Å²) in [6.07, 6.45) is 0. The van der Waals surface area contributed by atoms with Crippen molar-refractivity contribution in [3.05, 3.63) is 24.3 Å². The third-order valence-corrected chi connectivity index (χ3v) is 3.79. The number of nitrogens with one attached hydrogen (secondary N) is 2. The second kappa shape index (κ2) is 5.28. The molecule has 18 heavy (non-hydrogen) atoms. The van der Waals surface area contributed by atoms with Gasteiger partial charge < -0.3 is 5.32 Å². The first kappa shape index (κ1) is 15.0. The van der Waals surface area contributed by atoms with E-state index in [1.807, 2.05) is 26.8 Å². The third kappa shape index (κ3) is 4.31. The van der Waals surface area contributed by atoms with Gasteiger partial charge in [-0.1, -0.05) is 12.1 Å². The molecule has 0 aromatic heterocycles. The van der Waals surface area contributed by atoms with Gasteiger partial charge in [0.1, 0.15) is 4.90 Å². The average Bonchev–Trinajstić information content (AvgIpc) is 2.13. The Bertz CT molecular complexity index is 502. The maximum Gasteiger partial charge on any atom is 0.242 e. The summed E-state index contributed by atoms with van der Waals surface area (Å²) in [6, 6.07) is 6.81. The summed E-state index contributed by atoms with van der Waals surface area (Å²) in [5.41, 5.74) is 0.432. The molecular formula is C13H22N2O2S. The van der Waals surface area contributed by atoms with E-state index in [4.69, 9.17) is 0 Å². The lowest BCUT2D eigenvalue weighted by Crippen LogP contribution is -2.32. The van der Waals surface area contributed by atoms with E-state index in [1.54, 1.807) is 32.0 Å². The van der Waals surface area contributed by atoms with Crippen molar-refractivity contribution in [3.63, 3.8) is 0 Å². The van der Waals surface area contributed by atoms with Crippen molar-refractivity contribution in [1.29, 1.82) is 0 Å². The van der Waals surface area contributed by atoms with Crippen LogP contribution in [-0.2, 0) is 10.0 Å². The van der Waals surface area contributed by atoms with E-state index in [0.717, 1.165) is 0 Å². The summed E-state index contributed by atoms with van der Waals surface area (Å²) in [5.74, 6) is 0. The van der Waals surface area contributed by atoms with Crippen LogP contribution in [0.25, 0.3) is 0 Å². The van der Waals surface area contributed by atoms with Crippen molar-refractivity contribution in [3.8, 4) is 0 Å². The Morgan fingerprint density at radius 2 is 1.67 bits per heavy atom. The standard InChI is InChI=1S/C13H22N2O2S/c1-10(2)15-18(16,17)12-9-7-6-8-11(12)14-13(3,4)5/h6-10,14-15H,1-5H3. The van der Waals surface area contributed by atoms with E-state index in [2.05, 4.69) is 10.0 Å². The quantitative estimate of drug-likeness (QED) is 0.884. The molecule has 0 amide bonds. The zero-order chi connectivity index (χ0) is 14.0. The number of hydrogen-bond donors (Lipinski definition) is 2. The highest BCUT2D eigenvalue weighted by atomic mass is 32.2. The molecule has 5 heteroatoms. The monoisotopic (exact) mass is 270 g/mol. The predicted octanol–water partition coefficient (Wildman–Crippen LogP) is 2.58. The molecule has 0 spiro atoms. The summed E-state index contributed by atoms with van der Waals surface area (Å²) in [5, 5.41) is 3.21. The van der Waals surface area contributed by atoms with Gasteiger partial charge in [0.05, 0.1) is 5.69 Å². The Morgan fingerprint density at radius 3 is 2.17 bits per heavy atom. The van der Waals surface area contributed by atoms with Crippen LogP contribution in [0.15, 0.2) is 29.2 Å². The zero-order valence-corrected chi connectivity index (χ0v) is 12.4. The van der Waals surface area contributed by atoms with Gasteiger partial charge >= 0.3 is 0 Å². The fourth-order valence-electron chi connectivity index (χ4n) is 1.58.